The topological polar surface area (TPSA) is 35.5 Å². The van der Waals surface area contributed by atoms with Crippen molar-refractivity contribution in [1.29, 1.82) is 0 Å². The summed E-state index contributed by atoms with van der Waals surface area (Å²) < 4.78 is 10.4. The number of hydrogen-bond acceptors (Lipinski definition) is 3. The number of benzene rings is 1. The third-order valence-electron chi connectivity index (χ3n) is 3.09. The number of methoxy groups -OCH3 is 1. The molecule has 3 nitrogen and oxygen atoms in total. The van der Waals surface area contributed by atoms with Gasteiger partial charge in [0, 0.05) is 18.9 Å². The fourth-order valence-electron chi connectivity index (χ4n) is 1.93. The Morgan fingerprint density at radius 3 is 2.48 bits per heavy atom. The molecule has 1 unspecified atom stereocenters. The van der Waals surface area contributed by atoms with Gasteiger partial charge in [0.25, 0.3) is 0 Å². The number of unbranched alkanes of at least 4 members (excludes halogenated alkanes) is 4. The van der Waals surface area contributed by atoms with Crippen LogP contribution in [0.4, 0.5) is 0 Å². The molecule has 0 saturated carbocycles. The van der Waals surface area contributed by atoms with Crippen molar-refractivity contribution in [1.82, 2.24) is 0 Å². The zero-order valence-corrected chi connectivity index (χ0v) is 13.1. The van der Waals surface area contributed by atoms with Crippen LogP contribution in [0.2, 0.25) is 0 Å². The van der Waals surface area contributed by atoms with Gasteiger partial charge in [-0.1, -0.05) is 50.2 Å². The highest BCUT2D eigenvalue weighted by Crippen LogP contribution is 2.20. The minimum Gasteiger partial charge on any atom is -0.497 e. The Morgan fingerprint density at radius 2 is 1.90 bits per heavy atom. The maximum atomic E-state index is 11.2. The van der Waals surface area contributed by atoms with E-state index >= 15 is 0 Å². The van der Waals surface area contributed by atoms with E-state index in [2.05, 4.69) is 18.8 Å². The van der Waals surface area contributed by atoms with Gasteiger partial charge in [0.2, 0.25) is 0 Å². The smallest absolute Gasteiger partial charge is 0.304 e. The number of esters is 1. The standard InChI is InChI=1S/C18H24O3/c1-4-5-6-7-8-9-10-18(21-15(2)19)16-11-13-17(20-3)14-12-16/h11-14,18H,4-8H2,1-3H3. The highest BCUT2D eigenvalue weighted by atomic mass is 16.5. The largest absolute Gasteiger partial charge is 0.497 e. The summed E-state index contributed by atoms with van der Waals surface area (Å²) >= 11 is 0. The van der Waals surface area contributed by atoms with Gasteiger partial charge in [0.15, 0.2) is 6.10 Å². The number of rotatable bonds is 7. The van der Waals surface area contributed by atoms with Gasteiger partial charge in [0.05, 0.1) is 7.11 Å². The summed E-state index contributed by atoms with van der Waals surface area (Å²) in [5, 5.41) is 0. The van der Waals surface area contributed by atoms with Crippen molar-refractivity contribution in [2.75, 3.05) is 7.11 Å². The number of ether oxygens (including phenoxy) is 2. The number of hydrogen-bond donors (Lipinski definition) is 0. The predicted molar refractivity (Wildman–Crippen MR) is 84.0 cm³/mol. The van der Waals surface area contributed by atoms with Crippen LogP contribution in [0, 0.1) is 11.8 Å². The second kappa shape index (κ2) is 9.88. The average Bonchev–Trinajstić information content (AvgIpc) is 2.49. The second-order valence-corrected chi connectivity index (χ2v) is 4.89. The lowest BCUT2D eigenvalue weighted by molar-refractivity contribution is -0.144. The molecule has 0 saturated heterocycles. The molecular formula is C18H24O3. The van der Waals surface area contributed by atoms with Crippen molar-refractivity contribution in [2.24, 2.45) is 0 Å². The van der Waals surface area contributed by atoms with E-state index < -0.39 is 6.10 Å². The highest BCUT2D eigenvalue weighted by Gasteiger charge is 2.11. The van der Waals surface area contributed by atoms with Crippen LogP contribution in [0.3, 0.4) is 0 Å². The van der Waals surface area contributed by atoms with Gasteiger partial charge in [-0.3, -0.25) is 4.79 Å². The van der Waals surface area contributed by atoms with E-state index in [-0.39, 0.29) is 5.97 Å². The van der Waals surface area contributed by atoms with Crippen LogP contribution in [-0.2, 0) is 9.53 Å². The summed E-state index contributed by atoms with van der Waals surface area (Å²) in [4.78, 5) is 11.2. The molecular weight excluding hydrogens is 264 g/mol. The second-order valence-electron chi connectivity index (χ2n) is 4.89. The van der Waals surface area contributed by atoms with E-state index in [1.807, 2.05) is 24.3 Å². The van der Waals surface area contributed by atoms with E-state index in [4.69, 9.17) is 9.47 Å². The van der Waals surface area contributed by atoms with Gasteiger partial charge in [0.1, 0.15) is 5.75 Å². The van der Waals surface area contributed by atoms with Crippen LogP contribution < -0.4 is 4.74 Å². The highest BCUT2D eigenvalue weighted by molar-refractivity contribution is 5.66. The molecule has 0 aliphatic heterocycles. The SMILES string of the molecule is CCCCCCC#CC(OC(C)=O)c1ccc(OC)cc1. The Labute approximate surface area is 127 Å². The molecule has 1 aromatic rings. The van der Waals surface area contributed by atoms with E-state index in [9.17, 15) is 4.79 Å². The first-order valence-corrected chi connectivity index (χ1v) is 7.47. The normalized spacial score (nSPS) is 11.2. The van der Waals surface area contributed by atoms with Crippen molar-refractivity contribution in [2.45, 2.75) is 52.1 Å². The van der Waals surface area contributed by atoms with E-state index in [1.54, 1.807) is 7.11 Å². The first-order chi connectivity index (χ1) is 10.2. The van der Waals surface area contributed by atoms with Gasteiger partial charge in [-0.2, -0.15) is 0 Å². The van der Waals surface area contributed by atoms with Crippen LogP contribution in [-0.4, -0.2) is 13.1 Å². The quantitative estimate of drug-likeness (QED) is 0.427. The monoisotopic (exact) mass is 288 g/mol. The lowest BCUT2D eigenvalue weighted by Crippen LogP contribution is -2.06. The minimum atomic E-state index is -0.500. The Hall–Kier alpha value is -1.95. The van der Waals surface area contributed by atoms with Gasteiger partial charge in [-0.15, -0.1) is 0 Å². The molecule has 0 aromatic heterocycles. The molecule has 0 heterocycles. The molecule has 21 heavy (non-hydrogen) atoms. The lowest BCUT2D eigenvalue weighted by Gasteiger charge is -2.11. The molecule has 0 aliphatic rings. The lowest BCUT2D eigenvalue weighted by atomic mass is 10.1. The van der Waals surface area contributed by atoms with Crippen molar-refractivity contribution in [3.8, 4) is 17.6 Å². The van der Waals surface area contributed by atoms with Gasteiger partial charge < -0.3 is 9.47 Å². The molecule has 0 spiro atoms. The average molecular weight is 288 g/mol. The molecule has 1 atom stereocenters. The Bertz CT molecular complexity index is 479. The Kier molecular flexibility index (Phi) is 8.04. The summed E-state index contributed by atoms with van der Waals surface area (Å²) in [6, 6.07) is 7.43. The van der Waals surface area contributed by atoms with Gasteiger partial charge in [-0.05, 0) is 18.6 Å². The van der Waals surface area contributed by atoms with E-state index in [0.29, 0.717) is 0 Å². The summed E-state index contributed by atoms with van der Waals surface area (Å²) in [5.41, 5.74) is 0.868. The molecule has 114 valence electrons. The zero-order valence-electron chi connectivity index (χ0n) is 13.1. The molecule has 0 fully saturated rings. The summed E-state index contributed by atoms with van der Waals surface area (Å²) in [6.45, 7) is 3.59. The summed E-state index contributed by atoms with van der Waals surface area (Å²) in [5.74, 6) is 6.61. The number of carbonyl (C=O) groups is 1. The first-order valence-electron chi connectivity index (χ1n) is 7.47. The minimum absolute atomic E-state index is 0.323. The zero-order chi connectivity index (χ0) is 15.5. The van der Waals surface area contributed by atoms with E-state index in [0.717, 1.165) is 24.2 Å². The third kappa shape index (κ3) is 6.85. The van der Waals surface area contributed by atoms with Crippen molar-refractivity contribution >= 4 is 5.97 Å². The summed E-state index contributed by atoms with van der Waals surface area (Å²) in [6.07, 6.45) is 5.10. The van der Waals surface area contributed by atoms with Crippen LogP contribution >= 0.6 is 0 Å². The molecule has 1 rings (SSSR count). The number of carbonyl (C=O) groups excluding carboxylic acids is 1. The third-order valence-corrected chi connectivity index (χ3v) is 3.09. The fourth-order valence-corrected chi connectivity index (χ4v) is 1.93. The van der Waals surface area contributed by atoms with Crippen LogP contribution in [0.1, 0.15) is 57.6 Å². The summed E-state index contributed by atoms with van der Waals surface area (Å²) in [7, 11) is 1.62. The molecule has 3 heteroatoms. The van der Waals surface area contributed by atoms with E-state index in [1.165, 1.54) is 26.2 Å². The van der Waals surface area contributed by atoms with Crippen molar-refractivity contribution < 1.29 is 14.3 Å². The predicted octanol–water partition coefficient (Wildman–Crippen LogP) is 4.27. The van der Waals surface area contributed by atoms with Gasteiger partial charge in [-0.25, -0.2) is 0 Å². The maximum absolute atomic E-state index is 11.2. The van der Waals surface area contributed by atoms with Gasteiger partial charge >= 0.3 is 5.97 Å². The fraction of sp³-hybridized carbons (Fsp3) is 0.500. The van der Waals surface area contributed by atoms with Crippen molar-refractivity contribution in [3.05, 3.63) is 29.8 Å². The Balaban J connectivity index is 2.66. The molecule has 0 bridgehead atoms. The van der Waals surface area contributed by atoms with Crippen LogP contribution in [0.25, 0.3) is 0 Å². The molecule has 0 N–H and O–H groups in total. The van der Waals surface area contributed by atoms with Crippen LogP contribution in [0.15, 0.2) is 24.3 Å². The molecule has 1 aromatic carbocycles. The van der Waals surface area contributed by atoms with Crippen LogP contribution in [0.5, 0.6) is 5.75 Å². The molecule has 0 aliphatic carbocycles. The molecule has 0 amide bonds. The Morgan fingerprint density at radius 1 is 1.19 bits per heavy atom. The molecule has 0 radical (unpaired) electrons. The first kappa shape index (κ1) is 17.1. The van der Waals surface area contributed by atoms with Crippen molar-refractivity contribution in [3.63, 3.8) is 0 Å². The maximum Gasteiger partial charge on any atom is 0.304 e.